The van der Waals surface area contributed by atoms with Gasteiger partial charge >= 0.3 is 5.97 Å². The highest BCUT2D eigenvalue weighted by Gasteiger charge is 2.26. The standard InChI is InChI=1S/C17H22O5/c1-12(18)21-11-17(15-5-3-4-6-16(15)20-2)22-14-9-7-13(19)8-10-14/h3-6,14,17H,7-11H2,1-2H3/t17-/m0/s1. The van der Waals surface area contributed by atoms with Crippen LogP contribution in [0.5, 0.6) is 5.75 Å². The molecule has 1 atom stereocenters. The smallest absolute Gasteiger partial charge is 0.302 e. The Morgan fingerprint density at radius 2 is 1.95 bits per heavy atom. The van der Waals surface area contributed by atoms with E-state index in [1.165, 1.54) is 6.92 Å². The van der Waals surface area contributed by atoms with Gasteiger partial charge in [0.25, 0.3) is 0 Å². The molecule has 0 radical (unpaired) electrons. The zero-order chi connectivity index (χ0) is 15.9. The van der Waals surface area contributed by atoms with Crippen LogP contribution in [0.4, 0.5) is 0 Å². The van der Waals surface area contributed by atoms with Crippen LogP contribution >= 0.6 is 0 Å². The van der Waals surface area contributed by atoms with Crippen molar-refractivity contribution in [3.05, 3.63) is 29.8 Å². The zero-order valence-electron chi connectivity index (χ0n) is 13.0. The van der Waals surface area contributed by atoms with Crippen LogP contribution in [0.2, 0.25) is 0 Å². The van der Waals surface area contributed by atoms with Crippen molar-refractivity contribution in [2.45, 2.75) is 44.8 Å². The molecule has 1 aliphatic rings. The second-order valence-corrected chi connectivity index (χ2v) is 5.41. The molecule has 1 aromatic carbocycles. The van der Waals surface area contributed by atoms with Crippen LogP contribution < -0.4 is 4.74 Å². The maximum absolute atomic E-state index is 11.3. The molecule has 0 saturated heterocycles. The average Bonchev–Trinajstić information content (AvgIpc) is 2.53. The number of methoxy groups -OCH3 is 1. The normalized spacial score (nSPS) is 17.1. The summed E-state index contributed by atoms with van der Waals surface area (Å²) < 4.78 is 16.6. The summed E-state index contributed by atoms with van der Waals surface area (Å²) in [6.45, 7) is 1.51. The summed E-state index contributed by atoms with van der Waals surface area (Å²) >= 11 is 0. The maximum atomic E-state index is 11.3. The fourth-order valence-corrected chi connectivity index (χ4v) is 2.61. The van der Waals surface area contributed by atoms with Crippen LogP contribution in [0.15, 0.2) is 24.3 Å². The SMILES string of the molecule is COc1ccccc1[C@H](COC(C)=O)OC1CCC(=O)CC1. The van der Waals surface area contributed by atoms with Crippen molar-refractivity contribution in [1.29, 1.82) is 0 Å². The summed E-state index contributed by atoms with van der Waals surface area (Å²) in [5.74, 6) is 0.641. The number of rotatable bonds is 6. The lowest BCUT2D eigenvalue weighted by molar-refractivity contribution is -0.148. The first kappa shape index (κ1) is 16.5. The minimum Gasteiger partial charge on any atom is -0.496 e. The monoisotopic (exact) mass is 306 g/mol. The third kappa shape index (κ3) is 4.56. The summed E-state index contributed by atoms with van der Waals surface area (Å²) in [5.41, 5.74) is 0.850. The molecule has 0 aromatic heterocycles. The molecule has 0 spiro atoms. The van der Waals surface area contributed by atoms with Gasteiger partial charge in [-0.05, 0) is 18.9 Å². The molecule has 0 aliphatic heterocycles. The van der Waals surface area contributed by atoms with Gasteiger partial charge in [-0.2, -0.15) is 0 Å². The van der Waals surface area contributed by atoms with E-state index in [1.54, 1.807) is 7.11 Å². The van der Waals surface area contributed by atoms with E-state index in [2.05, 4.69) is 0 Å². The topological polar surface area (TPSA) is 61.8 Å². The van der Waals surface area contributed by atoms with E-state index in [1.807, 2.05) is 24.3 Å². The Morgan fingerprint density at radius 3 is 2.59 bits per heavy atom. The number of para-hydroxylation sites is 1. The van der Waals surface area contributed by atoms with Crippen molar-refractivity contribution in [1.82, 2.24) is 0 Å². The van der Waals surface area contributed by atoms with Gasteiger partial charge in [-0.1, -0.05) is 18.2 Å². The van der Waals surface area contributed by atoms with Gasteiger partial charge < -0.3 is 14.2 Å². The zero-order valence-corrected chi connectivity index (χ0v) is 13.0. The lowest BCUT2D eigenvalue weighted by Gasteiger charge is -2.28. The molecule has 1 fully saturated rings. The Bertz CT molecular complexity index is 516. The fraction of sp³-hybridized carbons (Fsp3) is 0.529. The number of Topliss-reactive ketones (excluding diaryl/α,β-unsaturated/α-hetero) is 1. The van der Waals surface area contributed by atoms with Gasteiger partial charge in [-0.15, -0.1) is 0 Å². The summed E-state index contributed by atoms with van der Waals surface area (Å²) in [7, 11) is 1.60. The van der Waals surface area contributed by atoms with Gasteiger partial charge in [0.1, 0.15) is 24.2 Å². The Labute approximate surface area is 130 Å². The fourth-order valence-electron chi connectivity index (χ4n) is 2.61. The largest absolute Gasteiger partial charge is 0.496 e. The molecule has 22 heavy (non-hydrogen) atoms. The third-order valence-electron chi connectivity index (χ3n) is 3.77. The van der Waals surface area contributed by atoms with Crippen molar-refractivity contribution < 1.29 is 23.8 Å². The molecule has 5 nitrogen and oxygen atoms in total. The molecule has 0 amide bonds. The Balaban J connectivity index is 2.11. The van der Waals surface area contributed by atoms with Crippen LogP contribution in [0.3, 0.4) is 0 Å². The summed E-state index contributed by atoms with van der Waals surface area (Å²) in [6.07, 6.45) is 2.14. The second kappa shape index (κ2) is 7.94. The van der Waals surface area contributed by atoms with Gasteiger partial charge in [0.2, 0.25) is 0 Å². The van der Waals surface area contributed by atoms with Crippen molar-refractivity contribution in [2.24, 2.45) is 0 Å². The number of carbonyl (C=O) groups is 2. The number of benzene rings is 1. The number of hydrogen-bond donors (Lipinski definition) is 0. The van der Waals surface area contributed by atoms with E-state index in [0.717, 1.165) is 5.56 Å². The minimum atomic E-state index is -0.391. The van der Waals surface area contributed by atoms with E-state index >= 15 is 0 Å². The molecule has 5 heteroatoms. The summed E-state index contributed by atoms with van der Waals surface area (Å²) in [4.78, 5) is 22.5. The van der Waals surface area contributed by atoms with E-state index in [0.29, 0.717) is 31.4 Å². The highest BCUT2D eigenvalue weighted by atomic mass is 16.6. The van der Waals surface area contributed by atoms with Crippen molar-refractivity contribution >= 4 is 11.8 Å². The van der Waals surface area contributed by atoms with E-state index in [9.17, 15) is 9.59 Å². The molecular formula is C17H22O5. The lowest BCUT2D eigenvalue weighted by Crippen LogP contribution is -2.26. The number of ether oxygens (including phenoxy) is 3. The first-order valence-electron chi connectivity index (χ1n) is 7.53. The lowest BCUT2D eigenvalue weighted by atomic mass is 9.96. The molecule has 0 bridgehead atoms. The van der Waals surface area contributed by atoms with Crippen LogP contribution in [0.25, 0.3) is 0 Å². The minimum absolute atomic E-state index is 0.00294. The second-order valence-electron chi connectivity index (χ2n) is 5.41. The van der Waals surface area contributed by atoms with Crippen molar-refractivity contribution in [3.8, 4) is 5.75 Å². The average molecular weight is 306 g/mol. The van der Waals surface area contributed by atoms with Gasteiger partial charge in [0.05, 0.1) is 13.2 Å². The Hall–Kier alpha value is -1.88. The van der Waals surface area contributed by atoms with Gasteiger partial charge in [0, 0.05) is 25.3 Å². The molecule has 0 heterocycles. The van der Waals surface area contributed by atoms with Crippen LogP contribution in [0.1, 0.15) is 44.3 Å². The highest BCUT2D eigenvalue weighted by Crippen LogP contribution is 2.31. The number of hydrogen-bond acceptors (Lipinski definition) is 5. The van der Waals surface area contributed by atoms with E-state index in [-0.39, 0.29) is 24.5 Å². The van der Waals surface area contributed by atoms with Crippen LogP contribution in [-0.2, 0) is 19.1 Å². The third-order valence-corrected chi connectivity index (χ3v) is 3.77. The highest BCUT2D eigenvalue weighted by molar-refractivity contribution is 5.79. The van der Waals surface area contributed by atoms with Gasteiger partial charge in [-0.3, -0.25) is 9.59 Å². The molecule has 0 N–H and O–H groups in total. The van der Waals surface area contributed by atoms with Crippen molar-refractivity contribution in [2.75, 3.05) is 13.7 Å². The maximum Gasteiger partial charge on any atom is 0.302 e. The molecule has 1 saturated carbocycles. The van der Waals surface area contributed by atoms with Crippen LogP contribution in [-0.4, -0.2) is 31.6 Å². The Morgan fingerprint density at radius 1 is 1.27 bits per heavy atom. The molecule has 1 aliphatic carbocycles. The Kier molecular flexibility index (Phi) is 5.95. The van der Waals surface area contributed by atoms with Crippen molar-refractivity contribution in [3.63, 3.8) is 0 Å². The quantitative estimate of drug-likeness (QED) is 0.756. The first-order valence-corrected chi connectivity index (χ1v) is 7.53. The van der Waals surface area contributed by atoms with Gasteiger partial charge in [0.15, 0.2) is 0 Å². The predicted octanol–water partition coefficient (Wildman–Crippen LogP) is 2.83. The van der Waals surface area contributed by atoms with Gasteiger partial charge in [-0.25, -0.2) is 0 Å². The van der Waals surface area contributed by atoms with E-state index < -0.39 is 6.10 Å². The summed E-state index contributed by atoms with van der Waals surface area (Å²) in [6, 6.07) is 7.53. The first-order chi connectivity index (χ1) is 10.6. The molecular weight excluding hydrogens is 284 g/mol. The summed E-state index contributed by atoms with van der Waals surface area (Å²) in [5, 5.41) is 0. The molecule has 1 aromatic rings. The molecule has 120 valence electrons. The molecule has 2 rings (SSSR count). The number of ketones is 1. The molecule has 0 unspecified atom stereocenters. The van der Waals surface area contributed by atoms with Crippen LogP contribution in [0, 0.1) is 0 Å². The number of carbonyl (C=O) groups excluding carboxylic acids is 2. The number of esters is 1. The predicted molar refractivity (Wildman–Crippen MR) is 80.7 cm³/mol. The van der Waals surface area contributed by atoms with E-state index in [4.69, 9.17) is 14.2 Å².